The lowest BCUT2D eigenvalue weighted by atomic mass is 10.2. The van der Waals surface area contributed by atoms with Crippen LogP contribution in [0.2, 0.25) is 5.02 Å². The largest absolute Gasteiger partial charge is 0.424 e. The molecule has 0 aliphatic heterocycles. The van der Waals surface area contributed by atoms with Crippen LogP contribution in [0.25, 0.3) is 11.0 Å². The summed E-state index contributed by atoms with van der Waals surface area (Å²) in [6.07, 6.45) is 4.73. The molecule has 0 spiro atoms. The van der Waals surface area contributed by atoms with E-state index in [1.165, 1.54) is 12.4 Å². The SMILES string of the molecule is Cn1ccc(Nc2ccc3nc(NCc4ccc(Oc5ncc(Cl)cn5)cc4)n(C)c3c2F)n1. The first-order valence-electron chi connectivity index (χ1n) is 10.4. The van der Waals surface area contributed by atoms with E-state index in [1.54, 1.807) is 47.7 Å². The molecule has 0 aliphatic carbocycles. The van der Waals surface area contributed by atoms with E-state index in [2.05, 4.69) is 30.7 Å². The normalized spacial score (nSPS) is 11.1. The summed E-state index contributed by atoms with van der Waals surface area (Å²) < 4.78 is 24.2. The number of rotatable bonds is 7. The van der Waals surface area contributed by atoms with Crippen LogP contribution in [0, 0.1) is 5.82 Å². The van der Waals surface area contributed by atoms with Crippen LogP contribution < -0.4 is 15.4 Å². The zero-order valence-electron chi connectivity index (χ0n) is 18.3. The summed E-state index contributed by atoms with van der Waals surface area (Å²) in [5.74, 6) is 1.33. The first-order valence-corrected chi connectivity index (χ1v) is 10.7. The molecule has 0 aliphatic rings. The summed E-state index contributed by atoms with van der Waals surface area (Å²) in [7, 11) is 3.58. The van der Waals surface area contributed by atoms with E-state index in [1.807, 2.05) is 24.3 Å². The molecule has 0 fully saturated rings. The Balaban J connectivity index is 1.28. The average Bonchev–Trinajstić information content (AvgIpc) is 3.39. The van der Waals surface area contributed by atoms with Gasteiger partial charge >= 0.3 is 6.01 Å². The number of hydrogen-bond donors (Lipinski definition) is 2. The smallest absolute Gasteiger partial charge is 0.321 e. The van der Waals surface area contributed by atoms with Crippen molar-refractivity contribution < 1.29 is 9.13 Å². The fourth-order valence-corrected chi connectivity index (χ4v) is 3.55. The molecule has 34 heavy (non-hydrogen) atoms. The summed E-state index contributed by atoms with van der Waals surface area (Å²) in [4.78, 5) is 12.6. The van der Waals surface area contributed by atoms with Crippen molar-refractivity contribution in [1.82, 2.24) is 29.3 Å². The van der Waals surface area contributed by atoms with E-state index in [-0.39, 0.29) is 6.01 Å². The van der Waals surface area contributed by atoms with Gasteiger partial charge in [0.2, 0.25) is 5.95 Å². The van der Waals surface area contributed by atoms with Crippen molar-refractivity contribution in [3.8, 4) is 11.8 Å². The zero-order valence-corrected chi connectivity index (χ0v) is 19.1. The highest BCUT2D eigenvalue weighted by molar-refractivity contribution is 6.30. The fourth-order valence-electron chi connectivity index (χ4n) is 3.45. The molecular formula is C23H20ClFN8O. The van der Waals surface area contributed by atoms with E-state index in [0.717, 1.165) is 5.56 Å². The highest BCUT2D eigenvalue weighted by Crippen LogP contribution is 2.28. The first kappa shape index (κ1) is 21.7. The minimum absolute atomic E-state index is 0.217. The van der Waals surface area contributed by atoms with Gasteiger partial charge in [0.15, 0.2) is 11.6 Å². The molecule has 0 atom stereocenters. The van der Waals surface area contributed by atoms with E-state index in [9.17, 15) is 0 Å². The lowest BCUT2D eigenvalue weighted by Gasteiger charge is -2.09. The van der Waals surface area contributed by atoms with Crippen molar-refractivity contribution in [3.05, 3.63) is 77.5 Å². The molecule has 172 valence electrons. The first-order chi connectivity index (χ1) is 16.5. The number of halogens is 2. The molecule has 2 N–H and O–H groups in total. The second-order valence-corrected chi connectivity index (χ2v) is 8.01. The highest BCUT2D eigenvalue weighted by atomic mass is 35.5. The predicted molar refractivity (Wildman–Crippen MR) is 128 cm³/mol. The van der Waals surface area contributed by atoms with Crippen molar-refractivity contribution in [3.63, 3.8) is 0 Å². The van der Waals surface area contributed by atoms with Gasteiger partial charge in [0.05, 0.1) is 28.6 Å². The van der Waals surface area contributed by atoms with Gasteiger partial charge in [-0.1, -0.05) is 23.7 Å². The van der Waals surface area contributed by atoms with E-state index in [0.29, 0.717) is 45.8 Å². The molecule has 0 saturated heterocycles. The Morgan fingerprint density at radius 1 is 1.03 bits per heavy atom. The third-order valence-electron chi connectivity index (χ3n) is 5.13. The Kier molecular flexibility index (Phi) is 5.72. The van der Waals surface area contributed by atoms with Crippen molar-refractivity contribution in [2.75, 3.05) is 10.6 Å². The van der Waals surface area contributed by atoms with Gasteiger partial charge in [0.1, 0.15) is 11.3 Å². The molecule has 0 amide bonds. The number of ether oxygens (including phenoxy) is 1. The molecule has 9 nitrogen and oxygen atoms in total. The Morgan fingerprint density at radius 2 is 1.79 bits per heavy atom. The predicted octanol–water partition coefficient (Wildman–Crippen LogP) is 5.04. The van der Waals surface area contributed by atoms with Crippen molar-refractivity contribution in [2.24, 2.45) is 14.1 Å². The zero-order chi connectivity index (χ0) is 23.7. The Labute approximate surface area is 199 Å². The van der Waals surface area contributed by atoms with Crippen LogP contribution >= 0.6 is 11.6 Å². The maximum absolute atomic E-state index is 15.2. The van der Waals surface area contributed by atoms with Gasteiger partial charge in [-0.3, -0.25) is 4.68 Å². The van der Waals surface area contributed by atoms with Crippen molar-refractivity contribution in [2.45, 2.75) is 6.54 Å². The number of hydrogen-bond acceptors (Lipinski definition) is 7. The van der Waals surface area contributed by atoms with Crippen LogP contribution in [0.1, 0.15) is 5.56 Å². The number of benzene rings is 2. The minimum Gasteiger partial charge on any atom is -0.424 e. The number of anilines is 3. The molecule has 5 aromatic rings. The summed E-state index contributed by atoms with van der Waals surface area (Å²) in [5, 5.41) is 10.9. The molecule has 0 radical (unpaired) electrons. The Morgan fingerprint density at radius 3 is 2.50 bits per heavy atom. The number of fused-ring (bicyclic) bond motifs is 1. The van der Waals surface area contributed by atoms with Gasteiger partial charge in [0, 0.05) is 32.9 Å². The third-order valence-corrected chi connectivity index (χ3v) is 5.33. The summed E-state index contributed by atoms with van der Waals surface area (Å²) in [5.41, 5.74) is 2.28. The maximum Gasteiger partial charge on any atom is 0.321 e. The van der Waals surface area contributed by atoms with E-state index in [4.69, 9.17) is 16.3 Å². The molecule has 5 rings (SSSR count). The molecule has 3 aromatic heterocycles. The summed E-state index contributed by atoms with van der Waals surface area (Å²) >= 11 is 5.79. The van der Waals surface area contributed by atoms with Crippen LogP contribution in [0.4, 0.5) is 21.8 Å². The lowest BCUT2D eigenvalue weighted by Crippen LogP contribution is -2.05. The lowest BCUT2D eigenvalue weighted by molar-refractivity contribution is 0.441. The van der Waals surface area contributed by atoms with Crippen LogP contribution in [-0.2, 0) is 20.6 Å². The van der Waals surface area contributed by atoms with Crippen LogP contribution in [0.15, 0.2) is 61.1 Å². The molecule has 0 bridgehead atoms. The number of aromatic nitrogens is 6. The molecule has 0 unspecified atom stereocenters. The van der Waals surface area contributed by atoms with Crippen LogP contribution in [-0.4, -0.2) is 29.3 Å². The van der Waals surface area contributed by atoms with Gasteiger partial charge in [-0.2, -0.15) is 5.10 Å². The standard InChI is InChI=1S/C23H20ClFN8O/c1-32-10-9-19(31-32)29-17-7-8-18-21(20(17)25)33(2)22(30-18)26-11-14-3-5-16(6-4-14)34-23-27-12-15(24)13-28-23/h3-10,12-13H,11H2,1-2H3,(H,26,30)(H,29,31). The van der Waals surface area contributed by atoms with E-state index < -0.39 is 5.82 Å². The quantitative estimate of drug-likeness (QED) is 0.338. The Bertz CT molecular complexity index is 1450. The molecule has 3 heterocycles. The summed E-state index contributed by atoms with van der Waals surface area (Å²) in [6.45, 7) is 0.496. The van der Waals surface area contributed by atoms with E-state index >= 15 is 4.39 Å². The molecular weight excluding hydrogens is 459 g/mol. The molecule has 0 saturated carbocycles. The highest BCUT2D eigenvalue weighted by Gasteiger charge is 2.16. The minimum atomic E-state index is -0.392. The van der Waals surface area contributed by atoms with Crippen LogP contribution in [0.3, 0.4) is 0 Å². The average molecular weight is 479 g/mol. The second-order valence-electron chi connectivity index (χ2n) is 7.57. The number of aryl methyl sites for hydroxylation is 2. The van der Waals surface area contributed by atoms with Crippen molar-refractivity contribution in [1.29, 1.82) is 0 Å². The number of imidazole rings is 1. The van der Waals surface area contributed by atoms with Gasteiger partial charge in [-0.25, -0.2) is 19.3 Å². The monoisotopic (exact) mass is 478 g/mol. The van der Waals surface area contributed by atoms with Gasteiger partial charge in [0.25, 0.3) is 0 Å². The topological polar surface area (TPSA) is 94.7 Å². The van der Waals surface area contributed by atoms with Crippen LogP contribution in [0.5, 0.6) is 11.8 Å². The number of nitrogens with one attached hydrogen (secondary N) is 2. The summed E-state index contributed by atoms with van der Waals surface area (Å²) in [6, 6.07) is 12.9. The van der Waals surface area contributed by atoms with Crippen molar-refractivity contribution >= 4 is 40.1 Å². The Hall–Kier alpha value is -4.18. The maximum atomic E-state index is 15.2. The van der Waals surface area contributed by atoms with Gasteiger partial charge < -0.3 is 19.9 Å². The molecule has 11 heteroatoms. The number of nitrogens with zero attached hydrogens (tertiary/aromatic N) is 6. The molecule has 2 aromatic carbocycles. The van der Waals surface area contributed by atoms with Gasteiger partial charge in [-0.15, -0.1) is 0 Å². The third kappa shape index (κ3) is 4.48. The fraction of sp³-hybridized carbons (Fsp3) is 0.130. The second kappa shape index (κ2) is 8.99. The van der Waals surface area contributed by atoms with Gasteiger partial charge in [-0.05, 0) is 29.8 Å².